The summed E-state index contributed by atoms with van der Waals surface area (Å²) in [5.74, 6) is -0.171. The lowest BCUT2D eigenvalue weighted by atomic mass is 10.1. The minimum atomic E-state index is -0.171. The van der Waals surface area contributed by atoms with E-state index in [9.17, 15) is 4.79 Å². The molecule has 0 spiro atoms. The quantitative estimate of drug-likeness (QED) is 0.552. The molecule has 29 heavy (non-hydrogen) atoms. The van der Waals surface area contributed by atoms with Crippen molar-refractivity contribution in [1.82, 2.24) is 29.9 Å². The standard InChI is InChI=1S/C22H22N6O/c1-16-8-10-19(11-9-16)28-13-20(21(26-28)18-6-4-3-5-7-18)22(29)25-17(2)12-27-15-23-14-24-27/h3-11,13-15,17H,12H2,1-2H3,(H,25,29). The van der Waals surface area contributed by atoms with Crippen LogP contribution in [0.25, 0.3) is 16.9 Å². The Morgan fingerprint density at radius 3 is 2.55 bits per heavy atom. The van der Waals surface area contributed by atoms with Crippen molar-refractivity contribution in [2.24, 2.45) is 0 Å². The van der Waals surface area contributed by atoms with E-state index in [0.29, 0.717) is 17.8 Å². The number of hydrogen-bond acceptors (Lipinski definition) is 4. The highest BCUT2D eigenvalue weighted by molar-refractivity contribution is 6.00. The van der Waals surface area contributed by atoms with E-state index in [2.05, 4.69) is 15.4 Å². The molecule has 0 aliphatic rings. The molecule has 0 saturated heterocycles. The van der Waals surface area contributed by atoms with E-state index in [1.54, 1.807) is 21.9 Å². The summed E-state index contributed by atoms with van der Waals surface area (Å²) in [7, 11) is 0. The van der Waals surface area contributed by atoms with Crippen LogP contribution in [0.4, 0.5) is 0 Å². The summed E-state index contributed by atoms with van der Waals surface area (Å²) in [5.41, 5.74) is 4.15. The number of benzene rings is 2. The smallest absolute Gasteiger partial charge is 0.255 e. The number of nitrogens with zero attached hydrogens (tertiary/aromatic N) is 5. The Kier molecular flexibility index (Phi) is 5.20. The van der Waals surface area contributed by atoms with Crippen molar-refractivity contribution >= 4 is 5.91 Å². The first-order valence-corrected chi connectivity index (χ1v) is 9.45. The highest BCUT2D eigenvalue weighted by atomic mass is 16.1. The van der Waals surface area contributed by atoms with Gasteiger partial charge in [-0.3, -0.25) is 9.48 Å². The van der Waals surface area contributed by atoms with Crippen molar-refractivity contribution in [3.05, 3.63) is 84.6 Å². The third-order valence-electron chi connectivity index (χ3n) is 4.61. The second-order valence-electron chi connectivity index (χ2n) is 7.03. The molecule has 0 fully saturated rings. The van der Waals surface area contributed by atoms with Crippen molar-refractivity contribution in [1.29, 1.82) is 0 Å². The van der Waals surface area contributed by atoms with Crippen LogP contribution in [0.1, 0.15) is 22.8 Å². The molecule has 4 aromatic rings. The Hall–Kier alpha value is -3.74. The Bertz CT molecular complexity index is 1080. The van der Waals surface area contributed by atoms with Crippen LogP contribution in [-0.4, -0.2) is 36.5 Å². The van der Waals surface area contributed by atoms with Gasteiger partial charge in [0.25, 0.3) is 5.91 Å². The number of carbonyl (C=O) groups excluding carboxylic acids is 1. The Balaban J connectivity index is 1.65. The van der Waals surface area contributed by atoms with E-state index >= 15 is 0 Å². The van der Waals surface area contributed by atoms with Gasteiger partial charge in [-0.15, -0.1) is 0 Å². The minimum absolute atomic E-state index is 0.115. The van der Waals surface area contributed by atoms with Gasteiger partial charge in [0, 0.05) is 17.8 Å². The lowest BCUT2D eigenvalue weighted by molar-refractivity contribution is 0.0936. The van der Waals surface area contributed by atoms with E-state index in [4.69, 9.17) is 5.10 Å². The maximum Gasteiger partial charge on any atom is 0.255 e. The Morgan fingerprint density at radius 2 is 1.86 bits per heavy atom. The molecule has 1 amide bonds. The summed E-state index contributed by atoms with van der Waals surface area (Å²) in [5, 5.41) is 11.8. The van der Waals surface area contributed by atoms with Gasteiger partial charge in [0.05, 0.1) is 17.8 Å². The molecule has 1 unspecified atom stereocenters. The number of hydrogen-bond donors (Lipinski definition) is 1. The summed E-state index contributed by atoms with van der Waals surface area (Å²) < 4.78 is 3.44. The summed E-state index contributed by atoms with van der Waals surface area (Å²) in [6.45, 7) is 4.52. The number of aryl methyl sites for hydroxylation is 1. The average molecular weight is 386 g/mol. The molecule has 1 N–H and O–H groups in total. The molecular formula is C22H22N6O. The SMILES string of the molecule is Cc1ccc(-n2cc(C(=O)NC(C)Cn3cncn3)c(-c3ccccc3)n2)cc1. The first-order chi connectivity index (χ1) is 14.1. The predicted molar refractivity (Wildman–Crippen MR) is 111 cm³/mol. The van der Waals surface area contributed by atoms with Crippen LogP contribution in [0.5, 0.6) is 0 Å². The molecule has 0 bridgehead atoms. The van der Waals surface area contributed by atoms with E-state index in [0.717, 1.165) is 11.3 Å². The van der Waals surface area contributed by atoms with Gasteiger partial charge in [0.1, 0.15) is 18.3 Å². The molecule has 4 rings (SSSR count). The van der Waals surface area contributed by atoms with E-state index < -0.39 is 0 Å². The van der Waals surface area contributed by atoms with E-state index in [1.807, 2.05) is 68.4 Å². The molecule has 2 heterocycles. The molecule has 0 radical (unpaired) electrons. The van der Waals surface area contributed by atoms with Crippen LogP contribution in [-0.2, 0) is 6.54 Å². The number of rotatable bonds is 6. The van der Waals surface area contributed by atoms with Crippen molar-refractivity contribution in [3.63, 3.8) is 0 Å². The second kappa shape index (κ2) is 8.10. The van der Waals surface area contributed by atoms with E-state index in [-0.39, 0.29) is 11.9 Å². The van der Waals surface area contributed by atoms with E-state index in [1.165, 1.54) is 11.9 Å². The van der Waals surface area contributed by atoms with Crippen molar-refractivity contribution < 1.29 is 4.79 Å². The summed E-state index contributed by atoms with van der Waals surface area (Å²) in [6.07, 6.45) is 4.89. The third kappa shape index (κ3) is 4.24. The van der Waals surface area contributed by atoms with Gasteiger partial charge >= 0.3 is 0 Å². The number of nitrogens with one attached hydrogen (secondary N) is 1. The van der Waals surface area contributed by atoms with Crippen molar-refractivity contribution in [2.45, 2.75) is 26.4 Å². The molecule has 0 saturated carbocycles. The zero-order valence-electron chi connectivity index (χ0n) is 16.4. The van der Waals surface area contributed by atoms with Crippen molar-refractivity contribution in [3.8, 4) is 16.9 Å². The minimum Gasteiger partial charge on any atom is -0.348 e. The van der Waals surface area contributed by atoms with Gasteiger partial charge < -0.3 is 5.32 Å². The molecular weight excluding hydrogens is 364 g/mol. The van der Waals surface area contributed by atoms with Gasteiger partial charge in [0.2, 0.25) is 0 Å². The maximum absolute atomic E-state index is 13.1. The molecule has 7 heteroatoms. The number of carbonyl (C=O) groups is 1. The molecule has 0 aliphatic carbocycles. The van der Waals surface area contributed by atoms with Gasteiger partial charge in [-0.05, 0) is 26.0 Å². The zero-order chi connectivity index (χ0) is 20.2. The molecule has 2 aromatic carbocycles. The Morgan fingerprint density at radius 1 is 1.10 bits per heavy atom. The van der Waals surface area contributed by atoms with Gasteiger partial charge in [-0.2, -0.15) is 10.2 Å². The fraction of sp³-hybridized carbons (Fsp3) is 0.182. The number of amides is 1. The first kappa shape index (κ1) is 18.6. The average Bonchev–Trinajstić information content (AvgIpc) is 3.39. The maximum atomic E-state index is 13.1. The third-order valence-corrected chi connectivity index (χ3v) is 4.61. The van der Waals surface area contributed by atoms with Crippen LogP contribution in [0, 0.1) is 6.92 Å². The Labute approximate surface area is 169 Å². The molecule has 146 valence electrons. The monoisotopic (exact) mass is 386 g/mol. The van der Waals surface area contributed by atoms with Crippen LogP contribution < -0.4 is 5.32 Å². The summed E-state index contributed by atoms with van der Waals surface area (Å²) in [4.78, 5) is 17.0. The fourth-order valence-corrected chi connectivity index (χ4v) is 3.13. The zero-order valence-corrected chi connectivity index (χ0v) is 16.4. The normalized spacial score (nSPS) is 11.9. The largest absolute Gasteiger partial charge is 0.348 e. The molecule has 2 aromatic heterocycles. The van der Waals surface area contributed by atoms with Crippen LogP contribution in [0.3, 0.4) is 0 Å². The molecule has 7 nitrogen and oxygen atoms in total. The lowest BCUT2D eigenvalue weighted by Crippen LogP contribution is -2.35. The van der Waals surface area contributed by atoms with Gasteiger partial charge in [-0.25, -0.2) is 9.67 Å². The molecule has 1 atom stereocenters. The number of aromatic nitrogens is 5. The predicted octanol–water partition coefficient (Wildman–Crippen LogP) is 3.26. The van der Waals surface area contributed by atoms with Gasteiger partial charge in [-0.1, -0.05) is 48.0 Å². The topological polar surface area (TPSA) is 77.6 Å². The summed E-state index contributed by atoms with van der Waals surface area (Å²) in [6, 6.07) is 17.7. The second-order valence-corrected chi connectivity index (χ2v) is 7.03. The van der Waals surface area contributed by atoms with Crippen LogP contribution in [0.2, 0.25) is 0 Å². The fourth-order valence-electron chi connectivity index (χ4n) is 3.13. The first-order valence-electron chi connectivity index (χ1n) is 9.45. The van der Waals surface area contributed by atoms with Gasteiger partial charge in [0.15, 0.2) is 0 Å². The highest BCUT2D eigenvalue weighted by Gasteiger charge is 2.20. The van der Waals surface area contributed by atoms with Crippen molar-refractivity contribution in [2.75, 3.05) is 0 Å². The molecule has 0 aliphatic heterocycles. The highest BCUT2D eigenvalue weighted by Crippen LogP contribution is 2.24. The van der Waals surface area contributed by atoms with Crippen LogP contribution >= 0.6 is 0 Å². The lowest BCUT2D eigenvalue weighted by Gasteiger charge is -2.13. The summed E-state index contributed by atoms with van der Waals surface area (Å²) >= 11 is 0. The van der Waals surface area contributed by atoms with Crippen LogP contribution in [0.15, 0.2) is 73.4 Å².